The van der Waals surface area contributed by atoms with Gasteiger partial charge < -0.3 is 10.6 Å². The molecule has 0 aromatic carbocycles. The van der Waals surface area contributed by atoms with Crippen LogP contribution in [-0.4, -0.2) is 85.4 Å². The van der Waals surface area contributed by atoms with Crippen molar-refractivity contribution in [3.8, 4) is 5.82 Å². The summed E-state index contributed by atoms with van der Waals surface area (Å²) >= 11 is 0. The monoisotopic (exact) mass is 411 g/mol. The fourth-order valence-electron chi connectivity index (χ4n) is 3.01. The number of nitrogen functional groups attached to an aromatic ring is 1. The van der Waals surface area contributed by atoms with E-state index < -0.39 is 5.91 Å². The van der Waals surface area contributed by atoms with E-state index in [0.29, 0.717) is 17.9 Å². The van der Waals surface area contributed by atoms with Crippen molar-refractivity contribution in [2.45, 2.75) is 6.54 Å². The van der Waals surface area contributed by atoms with E-state index in [2.05, 4.69) is 57.6 Å². The van der Waals surface area contributed by atoms with Gasteiger partial charge in [0.2, 0.25) is 11.6 Å². The van der Waals surface area contributed by atoms with Crippen molar-refractivity contribution in [2.24, 2.45) is 5.10 Å². The van der Waals surface area contributed by atoms with Crippen LogP contribution in [0.2, 0.25) is 0 Å². The average molecular weight is 411 g/mol. The molecular weight excluding hydrogens is 390 g/mol. The second kappa shape index (κ2) is 8.75. The van der Waals surface area contributed by atoms with Crippen LogP contribution in [0.1, 0.15) is 21.9 Å². The molecule has 4 heterocycles. The molecule has 0 spiro atoms. The minimum atomic E-state index is -0.507. The zero-order valence-corrected chi connectivity index (χ0v) is 16.3. The van der Waals surface area contributed by atoms with Gasteiger partial charge in [-0.3, -0.25) is 14.7 Å². The van der Waals surface area contributed by atoms with Crippen molar-refractivity contribution in [3.63, 3.8) is 0 Å². The van der Waals surface area contributed by atoms with E-state index in [9.17, 15) is 4.79 Å². The molecule has 3 aromatic rings. The van der Waals surface area contributed by atoms with Crippen molar-refractivity contribution >= 4 is 17.9 Å². The number of piperazine rings is 1. The number of hydrogen-bond acceptors (Lipinski definition) is 11. The van der Waals surface area contributed by atoms with Gasteiger partial charge in [0.1, 0.15) is 0 Å². The van der Waals surface area contributed by atoms with Crippen LogP contribution < -0.4 is 11.2 Å². The number of hydrazone groups is 1. The lowest BCUT2D eigenvalue weighted by molar-refractivity contribution is 0.0946. The SMILES string of the molecule is CN1CCN(Cc2c(C(=O)NN=Cc3ccccn3)nnn2-c2nonc2N)CC1. The minimum absolute atomic E-state index is 0.0552. The van der Waals surface area contributed by atoms with Gasteiger partial charge in [-0.1, -0.05) is 11.3 Å². The van der Waals surface area contributed by atoms with Gasteiger partial charge in [0.05, 0.1) is 17.6 Å². The Morgan fingerprint density at radius 1 is 1.30 bits per heavy atom. The van der Waals surface area contributed by atoms with Crippen LogP contribution in [0.15, 0.2) is 34.1 Å². The maximum absolute atomic E-state index is 12.7. The number of anilines is 1. The van der Waals surface area contributed by atoms with E-state index in [1.807, 2.05) is 6.07 Å². The molecular formula is C17H21N11O2. The third-order valence-electron chi connectivity index (χ3n) is 4.69. The molecule has 0 atom stereocenters. The number of amides is 1. The van der Waals surface area contributed by atoms with Gasteiger partial charge in [0, 0.05) is 38.9 Å². The van der Waals surface area contributed by atoms with Crippen LogP contribution in [0.4, 0.5) is 5.82 Å². The Labute approximate surface area is 171 Å². The number of nitrogens with zero attached hydrogens (tertiary/aromatic N) is 9. The molecule has 156 valence electrons. The standard InChI is InChI=1S/C17H21N11O2/c1-26-6-8-27(9-7-26)11-13-14(21-25-28(13)16-15(18)23-30-24-16)17(29)22-20-10-12-4-2-3-5-19-12/h2-5,10H,6-9,11H2,1H3,(H2,18,23)(H,22,29). The van der Waals surface area contributed by atoms with Gasteiger partial charge in [0.25, 0.3) is 5.91 Å². The second-order valence-electron chi connectivity index (χ2n) is 6.80. The van der Waals surface area contributed by atoms with E-state index in [0.717, 1.165) is 26.2 Å². The number of hydrogen-bond donors (Lipinski definition) is 2. The minimum Gasteiger partial charge on any atom is -0.378 e. The van der Waals surface area contributed by atoms with E-state index in [4.69, 9.17) is 5.73 Å². The molecule has 1 aliphatic heterocycles. The number of nitrogens with one attached hydrogen (secondary N) is 1. The van der Waals surface area contributed by atoms with Crippen molar-refractivity contribution in [2.75, 3.05) is 39.0 Å². The molecule has 0 radical (unpaired) electrons. The van der Waals surface area contributed by atoms with Crippen molar-refractivity contribution in [3.05, 3.63) is 41.5 Å². The third kappa shape index (κ3) is 4.31. The average Bonchev–Trinajstić information content (AvgIpc) is 3.36. The second-order valence-corrected chi connectivity index (χ2v) is 6.80. The number of nitrogens with two attached hydrogens (primary N) is 1. The highest BCUT2D eigenvalue weighted by Crippen LogP contribution is 2.18. The van der Waals surface area contributed by atoms with E-state index in [-0.39, 0.29) is 17.3 Å². The first-order valence-electron chi connectivity index (χ1n) is 9.30. The largest absolute Gasteiger partial charge is 0.378 e. The lowest BCUT2D eigenvalue weighted by Gasteiger charge is -2.32. The Hall–Kier alpha value is -3.71. The van der Waals surface area contributed by atoms with Gasteiger partial charge in [-0.15, -0.1) is 5.10 Å². The highest BCUT2D eigenvalue weighted by atomic mass is 16.6. The number of carbonyl (C=O) groups is 1. The maximum Gasteiger partial charge on any atom is 0.293 e. The quantitative estimate of drug-likeness (QED) is 0.386. The van der Waals surface area contributed by atoms with Crippen LogP contribution in [0.25, 0.3) is 5.82 Å². The predicted molar refractivity (Wildman–Crippen MR) is 106 cm³/mol. The molecule has 30 heavy (non-hydrogen) atoms. The van der Waals surface area contributed by atoms with Gasteiger partial charge in [-0.2, -0.15) is 9.78 Å². The molecule has 0 saturated carbocycles. The molecule has 1 fully saturated rings. The first-order valence-corrected chi connectivity index (χ1v) is 9.30. The summed E-state index contributed by atoms with van der Waals surface area (Å²) in [4.78, 5) is 21.3. The summed E-state index contributed by atoms with van der Waals surface area (Å²) < 4.78 is 6.05. The third-order valence-corrected chi connectivity index (χ3v) is 4.69. The summed E-state index contributed by atoms with van der Waals surface area (Å²) in [6, 6.07) is 5.39. The lowest BCUT2D eigenvalue weighted by Crippen LogP contribution is -2.44. The molecule has 1 saturated heterocycles. The van der Waals surface area contributed by atoms with Crippen LogP contribution in [0, 0.1) is 0 Å². The first-order chi connectivity index (χ1) is 14.6. The number of carbonyl (C=O) groups excluding carboxylic acids is 1. The van der Waals surface area contributed by atoms with Crippen molar-refractivity contribution in [1.29, 1.82) is 0 Å². The normalized spacial score (nSPS) is 15.6. The molecule has 0 aliphatic carbocycles. The maximum atomic E-state index is 12.7. The fourth-order valence-corrected chi connectivity index (χ4v) is 3.01. The Morgan fingerprint density at radius 2 is 2.13 bits per heavy atom. The highest BCUT2D eigenvalue weighted by molar-refractivity contribution is 5.94. The number of aromatic nitrogens is 6. The Morgan fingerprint density at radius 3 is 2.83 bits per heavy atom. The van der Waals surface area contributed by atoms with Crippen LogP contribution in [0.3, 0.4) is 0 Å². The smallest absolute Gasteiger partial charge is 0.293 e. The van der Waals surface area contributed by atoms with Gasteiger partial charge >= 0.3 is 0 Å². The predicted octanol–water partition coefficient (Wildman–Crippen LogP) is -0.861. The summed E-state index contributed by atoms with van der Waals surface area (Å²) in [5.74, 6) is -0.269. The summed E-state index contributed by atoms with van der Waals surface area (Å²) in [5.41, 5.74) is 9.53. The first kappa shape index (κ1) is 19.6. The zero-order chi connectivity index (χ0) is 20.9. The molecule has 1 amide bonds. The molecule has 13 heteroatoms. The Balaban J connectivity index is 1.57. The number of pyridine rings is 1. The summed E-state index contributed by atoms with van der Waals surface area (Å²) in [6.45, 7) is 3.95. The number of likely N-dealkylation sites (N-methyl/N-ethyl adjacent to an activating group) is 1. The van der Waals surface area contributed by atoms with Crippen LogP contribution in [0.5, 0.6) is 0 Å². The van der Waals surface area contributed by atoms with Gasteiger partial charge in [-0.25, -0.2) is 10.1 Å². The topological polar surface area (TPSA) is 156 Å². The Kier molecular flexibility index (Phi) is 5.72. The number of rotatable bonds is 6. The fraction of sp³-hybridized carbons (Fsp3) is 0.353. The molecule has 0 bridgehead atoms. The van der Waals surface area contributed by atoms with E-state index in [1.54, 1.807) is 18.3 Å². The molecule has 0 unspecified atom stereocenters. The van der Waals surface area contributed by atoms with Crippen LogP contribution in [-0.2, 0) is 6.54 Å². The van der Waals surface area contributed by atoms with Gasteiger partial charge in [-0.05, 0) is 29.5 Å². The Bertz CT molecular complexity index is 1020. The molecule has 1 aliphatic rings. The highest BCUT2D eigenvalue weighted by Gasteiger charge is 2.26. The molecule has 3 N–H and O–H groups in total. The molecule has 4 rings (SSSR count). The van der Waals surface area contributed by atoms with Crippen LogP contribution >= 0.6 is 0 Å². The summed E-state index contributed by atoms with van der Waals surface area (Å²) in [6.07, 6.45) is 3.08. The van der Waals surface area contributed by atoms with E-state index >= 15 is 0 Å². The van der Waals surface area contributed by atoms with Crippen molar-refractivity contribution < 1.29 is 9.42 Å². The summed E-state index contributed by atoms with van der Waals surface area (Å²) in [5, 5.41) is 19.4. The van der Waals surface area contributed by atoms with Gasteiger partial charge in [0.15, 0.2) is 5.69 Å². The van der Waals surface area contributed by atoms with Crippen molar-refractivity contribution in [1.82, 2.24) is 45.5 Å². The molecule has 13 nitrogen and oxygen atoms in total. The van der Waals surface area contributed by atoms with E-state index in [1.165, 1.54) is 10.9 Å². The molecule has 3 aromatic heterocycles. The summed E-state index contributed by atoms with van der Waals surface area (Å²) in [7, 11) is 2.07. The zero-order valence-electron chi connectivity index (χ0n) is 16.3. The lowest BCUT2D eigenvalue weighted by atomic mass is 10.2.